The number of rotatable bonds is 1. The smallest absolute Gasteiger partial charge is 0.210 e. The summed E-state index contributed by atoms with van der Waals surface area (Å²) in [6.45, 7) is 0. The molecule has 1 heterocycles. The maximum absolute atomic E-state index is 2.28. The van der Waals surface area contributed by atoms with Crippen LogP contribution in [0.4, 0.5) is 0 Å². The van der Waals surface area contributed by atoms with E-state index in [1.165, 1.54) is 22.3 Å². The molecule has 2 heteroatoms. The molecule has 3 aromatic rings. The highest BCUT2D eigenvalue weighted by atomic mass is 35.5. The fraction of sp³-hybridized carbons (Fsp3) is 0.0556. The monoisotopic (exact) mass is 279 g/mol. The van der Waals surface area contributed by atoms with Crippen LogP contribution in [-0.4, -0.2) is 0 Å². The third-order valence-corrected chi connectivity index (χ3v) is 3.84. The number of benzene rings is 2. The second kappa shape index (κ2) is 5.10. The molecular weight excluding hydrogens is 266 g/mol. The number of pyridine rings is 1. The molecule has 1 nitrogen and oxygen atoms in total. The zero-order chi connectivity index (χ0) is 12.7. The standard InChI is InChI=1S/C18H14N.ClH/c1-6-12-19(13-7-1)18-16-10-4-2-8-14(16)15-9-3-5-11-17(15)18;/h1-13,18H;1H/q+1;/p-1. The first-order valence-electron chi connectivity index (χ1n) is 6.59. The van der Waals surface area contributed by atoms with Gasteiger partial charge in [-0.1, -0.05) is 54.6 Å². The van der Waals surface area contributed by atoms with E-state index in [1.807, 2.05) is 0 Å². The number of fused-ring (bicyclic) bond motifs is 3. The van der Waals surface area contributed by atoms with Crippen LogP contribution in [0, 0.1) is 0 Å². The Kier molecular flexibility index (Phi) is 3.29. The third-order valence-electron chi connectivity index (χ3n) is 3.84. The van der Waals surface area contributed by atoms with Crippen LogP contribution >= 0.6 is 0 Å². The molecule has 0 N–H and O–H groups in total. The summed E-state index contributed by atoms with van der Waals surface area (Å²) in [6.07, 6.45) is 4.28. The minimum atomic E-state index is 0. The zero-order valence-electron chi connectivity index (χ0n) is 10.9. The zero-order valence-corrected chi connectivity index (χ0v) is 11.7. The lowest BCUT2D eigenvalue weighted by molar-refractivity contribution is -0.704. The van der Waals surface area contributed by atoms with Crippen molar-refractivity contribution in [3.8, 4) is 11.1 Å². The van der Waals surface area contributed by atoms with Crippen LogP contribution in [0.3, 0.4) is 0 Å². The van der Waals surface area contributed by atoms with E-state index in [0.29, 0.717) is 6.04 Å². The molecule has 98 valence electrons. The Balaban J connectivity index is 0.00000121. The van der Waals surface area contributed by atoms with Gasteiger partial charge in [0.1, 0.15) is 0 Å². The van der Waals surface area contributed by atoms with Gasteiger partial charge in [-0.2, -0.15) is 4.57 Å². The first-order valence-corrected chi connectivity index (χ1v) is 6.59. The molecule has 1 aliphatic rings. The van der Waals surface area contributed by atoms with Gasteiger partial charge in [-0.15, -0.1) is 0 Å². The molecule has 0 fully saturated rings. The van der Waals surface area contributed by atoms with Crippen molar-refractivity contribution in [2.24, 2.45) is 0 Å². The molecule has 0 aliphatic heterocycles. The number of nitrogens with zero attached hydrogens (tertiary/aromatic N) is 1. The number of hydrogen-bond acceptors (Lipinski definition) is 0. The number of aromatic nitrogens is 1. The van der Waals surface area contributed by atoms with Gasteiger partial charge in [0.05, 0.1) is 0 Å². The molecule has 4 rings (SSSR count). The van der Waals surface area contributed by atoms with E-state index in [0.717, 1.165) is 0 Å². The van der Waals surface area contributed by atoms with Crippen LogP contribution in [0.5, 0.6) is 0 Å². The molecule has 0 spiro atoms. The Hall–Kier alpha value is -2.12. The summed E-state index contributed by atoms with van der Waals surface area (Å²) in [5.74, 6) is 0. The summed E-state index contributed by atoms with van der Waals surface area (Å²) in [4.78, 5) is 0. The largest absolute Gasteiger partial charge is 1.00 e. The Morgan fingerprint density at radius 3 is 1.65 bits per heavy atom. The average molecular weight is 280 g/mol. The Morgan fingerprint density at radius 1 is 0.600 bits per heavy atom. The molecule has 0 saturated carbocycles. The highest BCUT2D eigenvalue weighted by Crippen LogP contribution is 2.42. The summed E-state index contributed by atoms with van der Waals surface area (Å²) < 4.78 is 2.28. The topological polar surface area (TPSA) is 3.88 Å². The van der Waals surface area contributed by atoms with E-state index in [4.69, 9.17) is 0 Å². The predicted molar refractivity (Wildman–Crippen MR) is 75.8 cm³/mol. The minimum absolute atomic E-state index is 0. The first-order chi connectivity index (χ1) is 9.45. The van der Waals surface area contributed by atoms with Crippen molar-refractivity contribution in [2.45, 2.75) is 6.04 Å². The average Bonchev–Trinajstić information content (AvgIpc) is 2.83. The predicted octanol–water partition coefficient (Wildman–Crippen LogP) is 0.596. The second-order valence-electron chi connectivity index (χ2n) is 4.90. The quantitative estimate of drug-likeness (QED) is 0.449. The van der Waals surface area contributed by atoms with Gasteiger partial charge in [-0.3, -0.25) is 0 Å². The lowest BCUT2D eigenvalue weighted by atomic mass is 10.1. The summed E-state index contributed by atoms with van der Waals surface area (Å²) in [6, 6.07) is 23.9. The van der Waals surface area contributed by atoms with E-state index < -0.39 is 0 Å². The Labute approximate surface area is 124 Å². The fourth-order valence-electron chi connectivity index (χ4n) is 3.03. The van der Waals surface area contributed by atoms with Gasteiger partial charge in [0.15, 0.2) is 12.4 Å². The summed E-state index contributed by atoms with van der Waals surface area (Å²) >= 11 is 0. The second-order valence-corrected chi connectivity index (χ2v) is 4.90. The summed E-state index contributed by atoms with van der Waals surface area (Å²) in [5.41, 5.74) is 5.50. The maximum Gasteiger partial charge on any atom is 0.210 e. The van der Waals surface area contributed by atoms with E-state index in [-0.39, 0.29) is 12.4 Å². The van der Waals surface area contributed by atoms with E-state index in [1.54, 1.807) is 0 Å². The van der Waals surface area contributed by atoms with Crippen molar-refractivity contribution >= 4 is 0 Å². The molecule has 0 atom stereocenters. The van der Waals surface area contributed by atoms with Crippen molar-refractivity contribution in [3.05, 3.63) is 90.3 Å². The molecule has 0 unspecified atom stereocenters. The molecule has 20 heavy (non-hydrogen) atoms. The van der Waals surface area contributed by atoms with Crippen molar-refractivity contribution in [3.63, 3.8) is 0 Å². The first kappa shape index (κ1) is 12.9. The van der Waals surface area contributed by atoms with Gasteiger partial charge in [0, 0.05) is 23.3 Å². The van der Waals surface area contributed by atoms with Gasteiger partial charge < -0.3 is 12.4 Å². The normalized spacial score (nSPS) is 12.4. The van der Waals surface area contributed by atoms with Crippen molar-refractivity contribution in [2.75, 3.05) is 0 Å². The Morgan fingerprint density at radius 2 is 1.10 bits per heavy atom. The highest BCUT2D eigenvalue weighted by Gasteiger charge is 2.34. The van der Waals surface area contributed by atoms with Crippen molar-refractivity contribution in [1.29, 1.82) is 0 Å². The maximum atomic E-state index is 2.28. The van der Waals surface area contributed by atoms with Crippen LogP contribution in [0.25, 0.3) is 11.1 Å². The van der Waals surface area contributed by atoms with Gasteiger partial charge >= 0.3 is 0 Å². The minimum Gasteiger partial charge on any atom is -1.00 e. The Bertz CT molecular complexity index is 692. The third kappa shape index (κ3) is 1.83. The lowest BCUT2D eigenvalue weighted by Crippen LogP contribution is -3.00. The molecular formula is C18H14ClN. The van der Waals surface area contributed by atoms with E-state index >= 15 is 0 Å². The molecule has 0 bridgehead atoms. The van der Waals surface area contributed by atoms with Crippen LogP contribution in [0.15, 0.2) is 79.1 Å². The fourth-order valence-corrected chi connectivity index (χ4v) is 3.03. The van der Waals surface area contributed by atoms with Crippen LogP contribution in [-0.2, 0) is 0 Å². The molecule has 1 aromatic heterocycles. The molecule has 2 aromatic carbocycles. The van der Waals surface area contributed by atoms with Gasteiger partial charge in [-0.25, -0.2) is 0 Å². The molecule has 1 aliphatic carbocycles. The van der Waals surface area contributed by atoms with Crippen molar-refractivity contribution < 1.29 is 17.0 Å². The summed E-state index contributed by atoms with van der Waals surface area (Å²) in [5, 5.41) is 0. The van der Waals surface area contributed by atoms with Gasteiger partial charge in [0.2, 0.25) is 6.04 Å². The van der Waals surface area contributed by atoms with Gasteiger partial charge in [0.25, 0.3) is 0 Å². The molecule has 0 amide bonds. The molecule has 0 radical (unpaired) electrons. The van der Waals surface area contributed by atoms with Crippen LogP contribution in [0.1, 0.15) is 17.2 Å². The van der Waals surface area contributed by atoms with E-state index in [2.05, 4.69) is 83.7 Å². The van der Waals surface area contributed by atoms with Crippen LogP contribution < -0.4 is 17.0 Å². The number of hydrogen-bond donors (Lipinski definition) is 0. The van der Waals surface area contributed by atoms with E-state index in [9.17, 15) is 0 Å². The van der Waals surface area contributed by atoms with Crippen LogP contribution in [0.2, 0.25) is 0 Å². The van der Waals surface area contributed by atoms with Crippen molar-refractivity contribution in [1.82, 2.24) is 0 Å². The lowest BCUT2D eigenvalue weighted by Gasteiger charge is -2.08. The summed E-state index contributed by atoms with van der Waals surface area (Å²) in [7, 11) is 0. The van der Waals surface area contributed by atoms with Gasteiger partial charge in [-0.05, 0) is 11.1 Å². The highest BCUT2D eigenvalue weighted by molar-refractivity contribution is 5.77. The SMILES string of the molecule is [Cl-].c1cc[n+](C2c3ccccc3-c3ccccc32)cc1. The molecule has 0 saturated heterocycles. The number of halogens is 1.